The summed E-state index contributed by atoms with van der Waals surface area (Å²) in [6.45, 7) is 8.20. The van der Waals surface area contributed by atoms with E-state index in [9.17, 15) is 10.4 Å². The molecule has 10 heteroatoms. The molecule has 35 heavy (non-hydrogen) atoms. The molecule has 3 N–H and O–H groups in total. The lowest BCUT2D eigenvalue weighted by molar-refractivity contribution is -0.120. The highest BCUT2D eigenvalue weighted by atomic mass is 16.5. The molecule has 2 aliphatic rings. The number of nitrogens with one attached hydrogen (secondary N) is 2. The molecular formula is C25H27N7O3. The summed E-state index contributed by atoms with van der Waals surface area (Å²) in [5, 5.41) is 26.1. The van der Waals surface area contributed by atoms with E-state index in [2.05, 4.69) is 43.6 Å². The molecule has 10 nitrogen and oxygen atoms in total. The summed E-state index contributed by atoms with van der Waals surface area (Å²) in [7, 11) is 0. The number of nitrogens with zero attached hydrogens (tertiary/aromatic N) is 5. The maximum atomic E-state index is 9.98. The number of anilines is 3. The Kier molecular flexibility index (Phi) is 5.75. The lowest BCUT2D eigenvalue weighted by Crippen LogP contribution is -2.44. The molecule has 2 aliphatic heterocycles. The van der Waals surface area contributed by atoms with Crippen molar-refractivity contribution in [3.05, 3.63) is 47.5 Å². The maximum absolute atomic E-state index is 9.98. The average molecular weight is 474 g/mol. The van der Waals surface area contributed by atoms with Crippen LogP contribution in [-0.4, -0.2) is 58.0 Å². The molecule has 1 aromatic carbocycles. The molecule has 0 bridgehead atoms. The van der Waals surface area contributed by atoms with Crippen LogP contribution in [0.5, 0.6) is 5.88 Å². The quantitative estimate of drug-likeness (QED) is 0.469. The van der Waals surface area contributed by atoms with Crippen LogP contribution in [0.25, 0.3) is 11.3 Å². The average Bonchev–Trinajstić information content (AvgIpc) is 3.19. The third-order valence-corrected chi connectivity index (χ3v) is 6.44. The van der Waals surface area contributed by atoms with E-state index in [0.717, 1.165) is 16.8 Å². The summed E-state index contributed by atoms with van der Waals surface area (Å²) < 4.78 is 11.3. The smallest absolute Gasteiger partial charge is 0.241 e. The molecule has 1 atom stereocenters. The zero-order chi connectivity index (χ0) is 24.6. The van der Waals surface area contributed by atoms with E-state index in [-0.39, 0.29) is 12.0 Å². The summed E-state index contributed by atoms with van der Waals surface area (Å²) >= 11 is 0. The highest BCUT2D eigenvalue weighted by molar-refractivity contribution is 5.76. The van der Waals surface area contributed by atoms with Crippen LogP contribution in [-0.2, 0) is 10.2 Å². The minimum Gasteiger partial charge on any atom is -0.475 e. The summed E-state index contributed by atoms with van der Waals surface area (Å²) in [4.78, 5) is 17.7. The highest BCUT2D eigenvalue weighted by Crippen LogP contribution is 2.41. The van der Waals surface area contributed by atoms with Crippen LogP contribution in [0.3, 0.4) is 0 Å². The van der Waals surface area contributed by atoms with Gasteiger partial charge in [0.2, 0.25) is 11.8 Å². The van der Waals surface area contributed by atoms with Gasteiger partial charge in [-0.25, -0.2) is 15.0 Å². The molecule has 0 amide bonds. The SMILES string of the molecule is Cc1ncc(Nc2nccc(-c3cc(C#N)c4c(c3)C(C)(CO)CN4)n2)c(OCC2(C)COC2)n1. The Morgan fingerprint density at radius 3 is 2.80 bits per heavy atom. The van der Waals surface area contributed by atoms with Crippen molar-refractivity contribution in [2.24, 2.45) is 5.41 Å². The van der Waals surface area contributed by atoms with E-state index < -0.39 is 5.41 Å². The number of aryl methyl sites for hydroxylation is 1. The van der Waals surface area contributed by atoms with Gasteiger partial charge in [-0.2, -0.15) is 10.2 Å². The zero-order valence-electron chi connectivity index (χ0n) is 19.9. The fourth-order valence-electron chi connectivity index (χ4n) is 4.19. The van der Waals surface area contributed by atoms with Gasteiger partial charge in [0.25, 0.3) is 0 Å². The Balaban J connectivity index is 1.44. The van der Waals surface area contributed by atoms with Gasteiger partial charge in [0.1, 0.15) is 17.6 Å². The second-order valence-electron chi connectivity index (χ2n) is 9.75. The number of aliphatic hydroxyl groups is 1. The molecule has 0 aliphatic carbocycles. The molecule has 3 aromatic rings. The second-order valence-corrected chi connectivity index (χ2v) is 9.75. The Hall–Kier alpha value is -3.81. The van der Waals surface area contributed by atoms with Crippen molar-refractivity contribution in [3.8, 4) is 23.2 Å². The number of fused-ring (bicyclic) bond motifs is 1. The van der Waals surface area contributed by atoms with Gasteiger partial charge in [-0.15, -0.1) is 0 Å². The van der Waals surface area contributed by atoms with Crippen LogP contribution >= 0.6 is 0 Å². The molecule has 2 aromatic heterocycles. The van der Waals surface area contributed by atoms with E-state index in [1.54, 1.807) is 31.5 Å². The molecule has 1 saturated heterocycles. The van der Waals surface area contributed by atoms with Crippen molar-refractivity contribution in [1.29, 1.82) is 5.26 Å². The second kappa shape index (κ2) is 8.76. The Morgan fingerprint density at radius 1 is 1.26 bits per heavy atom. The van der Waals surface area contributed by atoms with E-state index in [1.165, 1.54) is 0 Å². The van der Waals surface area contributed by atoms with Gasteiger partial charge in [0.05, 0.1) is 49.6 Å². The van der Waals surface area contributed by atoms with E-state index >= 15 is 0 Å². The van der Waals surface area contributed by atoms with Crippen LogP contribution in [0.4, 0.5) is 17.3 Å². The van der Waals surface area contributed by atoms with Crippen molar-refractivity contribution in [2.75, 3.05) is 43.6 Å². The van der Waals surface area contributed by atoms with Gasteiger partial charge in [-0.05, 0) is 30.7 Å². The first-order valence-corrected chi connectivity index (χ1v) is 11.4. The number of aromatic nitrogens is 4. The molecule has 0 radical (unpaired) electrons. The van der Waals surface area contributed by atoms with Gasteiger partial charge in [0, 0.05) is 29.1 Å². The fraction of sp³-hybridized carbons (Fsp3) is 0.400. The number of hydrogen-bond acceptors (Lipinski definition) is 10. The van der Waals surface area contributed by atoms with Crippen LogP contribution in [0, 0.1) is 23.7 Å². The molecule has 4 heterocycles. The maximum Gasteiger partial charge on any atom is 0.241 e. The lowest BCUT2D eigenvalue weighted by atomic mass is 9.83. The first-order chi connectivity index (χ1) is 16.8. The topological polar surface area (TPSA) is 138 Å². The van der Waals surface area contributed by atoms with Crippen molar-refractivity contribution >= 4 is 17.3 Å². The summed E-state index contributed by atoms with van der Waals surface area (Å²) in [5.74, 6) is 1.37. The number of benzene rings is 1. The summed E-state index contributed by atoms with van der Waals surface area (Å²) in [6, 6.07) is 7.82. The zero-order valence-corrected chi connectivity index (χ0v) is 19.9. The number of nitriles is 1. The number of ether oxygens (including phenoxy) is 2. The first kappa shape index (κ1) is 23.0. The number of aliphatic hydroxyl groups excluding tert-OH is 1. The largest absolute Gasteiger partial charge is 0.475 e. The van der Waals surface area contributed by atoms with Crippen molar-refractivity contribution in [2.45, 2.75) is 26.2 Å². The van der Waals surface area contributed by atoms with Gasteiger partial charge >= 0.3 is 0 Å². The van der Waals surface area contributed by atoms with E-state index in [1.807, 2.05) is 13.0 Å². The Bertz CT molecular complexity index is 1320. The molecule has 1 fully saturated rings. The fourth-order valence-corrected chi connectivity index (χ4v) is 4.19. The third kappa shape index (κ3) is 4.36. The van der Waals surface area contributed by atoms with Crippen molar-refractivity contribution in [3.63, 3.8) is 0 Å². The van der Waals surface area contributed by atoms with E-state index in [0.29, 0.717) is 61.0 Å². The minimum atomic E-state index is -0.474. The molecule has 5 rings (SSSR count). The molecule has 1 unspecified atom stereocenters. The molecule has 180 valence electrons. The van der Waals surface area contributed by atoms with Crippen LogP contribution in [0.15, 0.2) is 30.6 Å². The number of rotatable bonds is 7. The van der Waals surface area contributed by atoms with Crippen LogP contribution in [0.2, 0.25) is 0 Å². The highest BCUT2D eigenvalue weighted by Gasteiger charge is 2.36. The predicted octanol–water partition coefficient (Wildman–Crippen LogP) is 2.95. The monoisotopic (exact) mass is 473 g/mol. The van der Waals surface area contributed by atoms with Gasteiger partial charge in [-0.3, -0.25) is 0 Å². The molecular weight excluding hydrogens is 446 g/mol. The standard InChI is InChI=1S/C25H27N7O3/c1-15-28-9-20(22(30-15)35-14-24(2)12-34-13-24)32-23-27-5-4-19(31-23)16-6-17(8-26)21-18(7-16)25(3,11-33)10-29-21/h4-7,9,29,33H,10-14H2,1-3H3,(H,27,31,32). The first-order valence-electron chi connectivity index (χ1n) is 11.4. The Morgan fingerprint density at radius 2 is 2.09 bits per heavy atom. The van der Waals surface area contributed by atoms with E-state index in [4.69, 9.17) is 9.47 Å². The lowest BCUT2D eigenvalue weighted by Gasteiger charge is -2.37. The number of hydrogen-bond donors (Lipinski definition) is 3. The summed E-state index contributed by atoms with van der Waals surface area (Å²) in [5.41, 5.74) is 3.64. The van der Waals surface area contributed by atoms with Crippen LogP contribution < -0.4 is 15.4 Å². The molecule has 0 saturated carbocycles. The van der Waals surface area contributed by atoms with Crippen molar-refractivity contribution in [1.82, 2.24) is 19.9 Å². The van der Waals surface area contributed by atoms with Crippen LogP contribution in [0.1, 0.15) is 30.8 Å². The van der Waals surface area contributed by atoms with Gasteiger partial charge in [0.15, 0.2) is 0 Å². The van der Waals surface area contributed by atoms with Gasteiger partial charge < -0.3 is 25.2 Å². The summed E-state index contributed by atoms with van der Waals surface area (Å²) in [6.07, 6.45) is 3.30. The Labute approximate surface area is 203 Å². The minimum absolute atomic E-state index is 0.0285. The molecule has 0 spiro atoms. The normalized spacial score (nSPS) is 19.7. The predicted molar refractivity (Wildman–Crippen MR) is 130 cm³/mol. The van der Waals surface area contributed by atoms with Gasteiger partial charge in [-0.1, -0.05) is 13.8 Å². The van der Waals surface area contributed by atoms with Crippen molar-refractivity contribution < 1.29 is 14.6 Å². The third-order valence-electron chi connectivity index (χ3n) is 6.44.